The van der Waals surface area contributed by atoms with Gasteiger partial charge in [0.2, 0.25) is 0 Å². The normalized spacial score (nSPS) is 12.0. The van der Waals surface area contributed by atoms with E-state index in [4.69, 9.17) is 9.47 Å². The molecule has 0 amide bonds. The Labute approximate surface area is 144 Å². The fraction of sp³-hybridized carbons (Fsp3) is 0.350. The number of Topliss-reactive ketones (excluding diaryl/α,β-unsaturated/α-hetero) is 1. The third-order valence-electron chi connectivity index (χ3n) is 3.92. The quantitative estimate of drug-likeness (QED) is 0.697. The maximum absolute atomic E-state index is 13.1. The fourth-order valence-electron chi connectivity index (χ4n) is 2.76. The van der Waals surface area contributed by atoms with Crippen LogP contribution in [0.5, 0.6) is 11.5 Å². The summed E-state index contributed by atoms with van der Waals surface area (Å²) in [7, 11) is 7.14. The van der Waals surface area contributed by atoms with Crippen LogP contribution in [0.2, 0.25) is 0 Å². The zero-order chi connectivity index (χ0) is 17.5. The molecule has 0 aliphatic rings. The van der Waals surface area contributed by atoms with Gasteiger partial charge in [0.15, 0.2) is 5.78 Å². The van der Waals surface area contributed by atoms with E-state index < -0.39 is 0 Å². The van der Waals surface area contributed by atoms with Crippen molar-refractivity contribution in [2.75, 3.05) is 34.9 Å². The zero-order valence-electron chi connectivity index (χ0n) is 14.8. The Kier molecular flexibility index (Phi) is 6.38. The van der Waals surface area contributed by atoms with Gasteiger partial charge in [0, 0.05) is 24.1 Å². The summed E-state index contributed by atoms with van der Waals surface area (Å²) in [6.07, 6.45) is 0.706. The number of hydrogen-bond acceptors (Lipinski definition) is 4. The lowest BCUT2D eigenvalue weighted by Gasteiger charge is -2.21. The van der Waals surface area contributed by atoms with Crippen LogP contribution >= 0.6 is 0 Å². The predicted octanol–water partition coefficient (Wildman–Crippen LogP) is 3.31. The zero-order valence-corrected chi connectivity index (χ0v) is 14.8. The van der Waals surface area contributed by atoms with E-state index in [1.54, 1.807) is 32.4 Å². The van der Waals surface area contributed by atoms with Gasteiger partial charge in [0.05, 0.1) is 14.2 Å². The van der Waals surface area contributed by atoms with Crippen molar-refractivity contribution >= 4 is 5.78 Å². The lowest BCUT2D eigenvalue weighted by molar-refractivity contribution is 0.0896. The van der Waals surface area contributed by atoms with E-state index in [2.05, 4.69) is 12.1 Å². The largest absolute Gasteiger partial charge is 0.497 e. The average Bonchev–Trinajstić information content (AvgIpc) is 2.60. The molecule has 0 aliphatic heterocycles. The number of carbonyl (C=O) groups excluding carboxylic acids is 1. The minimum absolute atomic E-state index is 0.102. The molecule has 0 fully saturated rings. The third kappa shape index (κ3) is 4.83. The van der Waals surface area contributed by atoms with Gasteiger partial charge in [0.1, 0.15) is 11.5 Å². The Bertz CT molecular complexity index is 646. The smallest absolute Gasteiger partial charge is 0.167 e. The van der Waals surface area contributed by atoms with Gasteiger partial charge >= 0.3 is 0 Å². The molecular weight excluding hydrogens is 302 g/mol. The van der Waals surface area contributed by atoms with Crippen molar-refractivity contribution in [1.82, 2.24) is 4.90 Å². The lowest BCUT2D eigenvalue weighted by Crippen LogP contribution is -2.29. The summed E-state index contributed by atoms with van der Waals surface area (Å²) in [6.45, 7) is 0.688. The highest BCUT2D eigenvalue weighted by Gasteiger charge is 2.22. The molecule has 4 nitrogen and oxygen atoms in total. The van der Waals surface area contributed by atoms with E-state index in [0.717, 1.165) is 5.56 Å². The molecule has 0 saturated carbocycles. The molecule has 0 aliphatic carbocycles. The molecule has 1 unspecified atom stereocenters. The summed E-state index contributed by atoms with van der Waals surface area (Å²) >= 11 is 0. The van der Waals surface area contributed by atoms with Crippen LogP contribution in [0.4, 0.5) is 0 Å². The minimum atomic E-state index is -0.126. The van der Waals surface area contributed by atoms with Crippen molar-refractivity contribution in [3.8, 4) is 11.5 Å². The Balaban J connectivity index is 2.30. The Hall–Kier alpha value is -2.33. The maximum atomic E-state index is 13.1. The van der Waals surface area contributed by atoms with Crippen LogP contribution in [0, 0.1) is 5.92 Å². The summed E-state index contributed by atoms with van der Waals surface area (Å²) in [5.41, 5.74) is 1.78. The van der Waals surface area contributed by atoms with E-state index in [1.165, 1.54) is 0 Å². The molecule has 0 N–H and O–H groups in total. The molecule has 1 atom stereocenters. The summed E-state index contributed by atoms with van der Waals surface area (Å²) < 4.78 is 10.6. The number of hydrogen-bond donors (Lipinski definition) is 0. The SMILES string of the molecule is COc1cc(OC)cc(C(=O)C(Cc2ccccc2)CN(C)C)c1. The summed E-state index contributed by atoms with van der Waals surface area (Å²) in [5, 5.41) is 0. The molecule has 0 saturated heterocycles. The second-order valence-electron chi connectivity index (χ2n) is 6.11. The molecule has 4 heteroatoms. The first-order valence-corrected chi connectivity index (χ1v) is 7.99. The summed E-state index contributed by atoms with van der Waals surface area (Å²) in [6, 6.07) is 15.4. The molecule has 0 bridgehead atoms. The van der Waals surface area contributed by atoms with Gasteiger partial charge in [-0.1, -0.05) is 30.3 Å². The topological polar surface area (TPSA) is 38.8 Å². The van der Waals surface area contributed by atoms with Crippen molar-refractivity contribution in [1.29, 1.82) is 0 Å². The average molecular weight is 327 g/mol. The molecule has 128 valence electrons. The van der Waals surface area contributed by atoms with E-state index in [9.17, 15) is 4.79 Å². The van der Waals surface area contributed by atoms with Crippen LogP contribution in [-0.4, -0.2) is 45.5 Å². The van der Waals surface area contributed by atoms with Crippen LogP contribution < -0.4 is 9.47 Å². The van der Waals surface area contributed by atoms with Crippen LogP contribution in [0.3, 0.4) is 0 Å². The van der Waals surface area contributed by atoms with Gasteiger partial charge < -0.3 is 14.4 Å². The number of benzene rings is 2. The van der Waals surface area contributed by atoms with Gasteiger partial charge in [0.25, 0.3) is 0 Å². The van der Waals surface area contributed by atoms with Crippen molar-refractivity contribution in [3.63, 3.8) is 0 Å². The third-order valence-corrected chi connectivity index (χ3v) is 3.92. The van der Waals surface area contributed by atoms with Gasteiger partial charge in [-0.2, -0.15) is 0 Å². The Morgan fingerprint density at radius 2 is 1.58 bits per heavy atom. The number of ketones is 1. The fourth-order valence-corrected chi connectivity index (χ4v) is 2.76. The number of methoxy groups -OCH3 is 2. The summed E-state index contributed by atoms with van der Waals surface area (Å²) in [4.78, 5) is 15.1. The molecule has 0 spiro atoms. The van der Waals surface area contributed by atoms with E-state index in [1.807, 2.05) is 37.2 Å². The Morgan fingerprint density at radius 3 is 2.08 bits per heavy atom. The minimum Gasteiger partial charge on any atom is -0.497 e. The first-order valence-electron chi connectivity index (χ1n) is 7.99. The van der Waals surface area contributed by atoms with Crippen LogP contribution in [0.1, 0.15) is 15.9 Å². The highest BCUT2D eigenvalue weighted by Crippen LogP contribution is 2.25. The monoisotopic (exact) mass is 327 g/mol. The molecular formula is C20H25NO3. The number of rotatable bonds is 8. The molecule has 2 aromatic rings. The number of nitrogens with zero attached hydrogens (tertiary/aromatic N) is 1. The number of carbonyl (C=O) groups is 1. The maximum Gasteiger partial charge on any atom is 0.167 e. The van der Waals surface area contributed by atoms with Gasteiger partial charge in [-0.15, -0.1) is 0 Å². The van der Waals surface area contributed by atoms with Crippen LogP contribution in [0.25, 0.3) is 0 Å². The van der Waals surface area contributed by atoms with Crippen LogP contribution in [-0.2, 0) is 6.42 Å². The molecule has 0 heterocycles. The molecule has 0 radical (unpaired) electrons. The Morgan fingerprint density at radius 1 is 1.00 bits per heavy atom. The molecule has 2 rings (SSSR count). The first kappa shape index (κ1) is 18.0. The van der Waals surface area contributed by atoms with Crippen molar-refractivity contribution in [3.05, 3.63) is 59.7 Å². The predicted molar refractivity (Wildman–Crippen MR) is 96.1 cm³/mol. The summed E-state index contributed by atoms with van der Waals surface area (Å²) in [5.74, 6) is 1.23. The highest BCUT2D eigenvalue weighted by atomic mass is 16.5. The second kappa shape index (κ2) is 8.50. The lowest BCUT2D eigenvalue weighted by atomic mass is 9.90. The first-order chi connectivity index (χ1) is 11.5. The number of ether oxygens (including phenoxy) is 2. The van der Waals surface area contributed by atoms with Crippen molar-refractivity contribution in [2.45, 2.75) is 6.42 Å². The van der Waals surface area contributed by atoms with Crippen LogP contribution in [0.15, 0.2) is 48.5 Å². The van der Waals surface area contributed by atoms with Gasteiger partial charge in [-0.3, -0.25) is 4.79 Å². The van der Waals surface area contributed by atoms with Gasteiger partial charge in [-0.05, 0) is 38.2 Å². The van der Waals surface area contributed by atoms with E-state index in [0.29, 0.717) is 30.0 Å². The molecule has 0 aromatic heterocycles. The molecule has 24 heavy (non-hydrogen) atoms. The van der Waals surface area contributed by atoms with E-state index in [-0.39, 0.29) is 11.7 Å². The second-order valence-corrected chi connectivity index (χ2v) is 6.11. The van der Waals surface area contributed by atoms with Crippen molar-refractivity contribution in [2.24, 2.45) is 5.92 Å². The van der Waals surface area contributed by atoms with Crippen molar-refractivity contribution < 1.29 is 14.3 Å². The highest BCUT2D eigenvalue weighted by molar-refractivity contribution is 5.99. The standard InChI is InChI=1S/C20H25NO3/c1-21(2)14-17(10-15-8-6-5-7-9-15)20(22)16-11-18(23-3)13-19(12-16)24-4/h5-9,11-13,17H,10,14H2,1-4H3. The van der Waals surface area contributed by atoms with E-state index >= 15 is 0 Å². The molecule has 2 aromatic carbocycles. The van der Waals surface area contributed by atoms with Gasteiger partial charge in [-0.25, -0.2) is 0 Å².